The summed E-state index contributed by atoms with van der Waals surface area (Å²) >= 11 is 0. The number of methoxy groups -OCH3 is 1. The summed E-state index contributed by atoms with van der Waals surface area (Å²) < 4.78 is 34.6. The lowest BCUT2D eigenvalue weighted by Gasteiger charge is -2.20. The highest BCUT2D eigenvalue weighted by atomic mass is 32.2. The van der Waals surface area contributed by atoms with Crippen LogP contribution in [0.3, 0.4) is 0 Å². The molecule has 0 fully saturated rings. The fourth-order valence-electron chi connectivity index (χ4n) is 3.46. The second-order valence-corrected chi connectivity index (χ2v) is 9.05. The van der Waals surface area contributed by atoms with Crippen molar-refractivity contribution in [2.45, 2.75) is 31.8 Å². The number of aromatic nitrogens is 2. The van der Waals surface area contributed by atoms with Gasteiger partial charge in [0.2, 0.25) is 10.0 Å². The number of benzene rings is 2. The van der Waals surface area contributed by atoms with Crippen LogP contribution in [0.5, 0.6) is 5.75 Å². The average molecular weight is 457 g/mol. The first kappa shape index (κ1) is 23.5. The summed E-state index contributed by atoms with van der Waals surface area (Å²) in [7, 11) is -2.37. The summed E-state index contributed by atoms with van der Waals surface area (Å²) in [6.07, 6.45) is 5.34. The molecule has 1 heterocycles. The van der Waals surface area contributed by atoms with E-state index in [2.05, 4.69) is 10.3 Å². The van der Waals surface area contributed by atoms with E-state index in [1.807, 2.05) is 35.0 Å². The third-order valence-electron chi connectivity index (χ3n) is 5.22. The maximum absolute atomic E-state index is 13.0. The number of nitrogens with zero attached hydrogens (tertiary/aromatic N) is 3. The minimum absolute atomic E-state index is 0.0168. The molecule has 0 atom stereocenters. The fourth-order valence-corrected chi connectivity index (χ4v) is 5.10. The Morgan fingerprint density at radius 2 is 1.84 bits per heavy atom. The van der Waals surface area contributed by atoms with Crippen molar-refractivity contribution in [2.24, 2.45) is 0 Å². The molecule has 0 aliphatic heterocycles. The quantitative estimate of drug-likeness (QED) is 0.506. The van der Waals surface area contributed by atoms with Gasteiger partial charge in [0.25, 0.3) is 5.91 Å². The van der Waals surface area contributed by atoms with Crippen LogP contribution in [-0.4, -0.2) is 48.4 Å². The van der Waals surface area contributed by atoms with E-state index < -0.39 is 10.0 Å². The number of sulfonamides is 1. The number of carbonyl (C=O) groups is 1. The highest BCUT2D eigenvalue weighted by Gasteiger charge is 2.26. The van der Waals surface area contributed by atoms with E-state index in [1.165, 1.54) is 23.5 Å². The lowest BCUT2D eigenvalue weighted by atomic mass is 10.1. The van der Waals surface area contributed by atoms with Crippen molar-refractivity contribution >= 4 is 15.9 Å². The Morgan fingerprint density at radius 3 is 2.47 bits per heavy atom. The van der Waals surface area contributed by atoms with E-state index in [0.29, 0.717) is 26.2 Å². The number of carbonyl (C=O) groups excluding carboxylic acids is 1. The molecule has 170 valence electrons. The summed E-state index contributed by atoms with van der Waals surface area (Å²) in [6.45, 7) is 5.14. The third-order valence-corrected chi connectivity index (χ3v) is 7.29. The molecule has 9 heteroatoms. The number of amides is 1. The molecule has 32 heavy (non-hydrogen) atoms. The van der Waals surface area contributed by atoms with Crippen molar-refractivity contribution < 1.29 is 17.9 Å². The van der Waals surface area contributed by atoms with Crippen LogP contribution in [-0.2, 0) is 23.1 Å². The number of hydrogen-bond donors (Lipinski definition) is 1. The zero-order valence-corrected chi connectivity index (χ0v) is 19.3. The molecule has 1 aromatic heterocycles. The van der Waals surface area contributed by atoms with Crippen LogP contribution in [0.4, 0.5) is 0 Å². The molecule has 3 rings (SSSR count). The molecule has 0 aliphatic rings. The van der Waals surface area contributed by atoms with Crippen LogP contribution in [0.1, 0.15) is 35.3 Å². The number of rotatable bonds is 10. The Balaban J connectivity index is 1.81. The predicted octanol–water partition coefficient (Wildman–Crippen LogP) is 2.90. The van der Waals surface area contributed by atoms with Crippen LogP contribution in [0.15, 0.2) is 66.1 Å². The van der Waals surface area contributed by atoms with Gasteiger partial charge in [0.15, 0.2) is 0 Å². The SMILES string of the molecule is CCN(CC)S(=O)(=O)c1cc(C(=O)NCc2ccccc2Cn2ccnc2)ccc1OC. The van der Waals surface area contributed by atoms with Crippen molar-refractivity contribution in [1.29, 1.82) is 0 Å². The van der Waals surface area contributed by atoms with Gasteiger partial charge in [0.1, 0.15) is 10.6 Å². The van der Waals surface area contributed by atoms with E-state index in [1.54, 1.807) is 32.4 Å². The van der Waals surface area contributed by atoms with Crippen LogP contribution in [0.25, 0.3) is 0 Å². The normalized spacial score (nSPS) is 11.5. The monoisotopic (exact) mass is 456 g/mol. The first-order valence-electron chi connectivity index (χ1n) is 10.4. The molecule has 0 saturated carbocycles. The summed E-state index contributed by atoms with van der Waals surface area (Å²) in [5, 5.41) is 2.90. The van der Waals surface area contributed by atoms with Gasteiger partial charge in [-0.25, -0.2) is 13.4 Å². The minimum atomic E-state index is -3.78. The Hall–Kier alpha value is -3.17. The highest BCUT2D eigenvalue weighted by molar-refractivity contribution is 7.89. The van der Waals surface area contributed by atoms with Gasteiger partial charge < -0.3 is 14.6 Å². The van der Waals surface area contributed by atoms with Gasteiger partial charge in [-0.15, -0.1) is 0 Å². The van der Waals surface area contributed by atoms with Gasteiger partial charge in [-0.2, -0.15) is 4.31 Å². The third kappa shape index (κ3) is 5.17. The van der Waals surface area contributed by atoms with E-state index in [0.717, 1.165) is 11.1 Å². The summed E-state index contributed by atoms with van der Waals surface area (Å²) in [6, 6.07) is 12.3. The van der Waals surface area contributed by atoms with Gasteiger partial charge >= 0.3 is 0 Å². The smallest absolute Gasteiger partial charge is 0.251 e. The maximum atomic E-state index is 13.0. The van der Waals surface area contributed by atoms with Crippen molar-refractivity contribution in [3.8, 4) is 5.75 Å². The standard InChI is InChI=1S/C23H28N4O4S/c1-4-27(5-2)32(29,30)22-14-18(10-11-21(22)31-3)23(28)25-15-19-8-6-7-9-20(19)16-26-13-12-24-17-26/h6-14,17H,4-5,15-16H2,1-3H3,(H,25,28). The largest absolute Gasteiger partial charge is 0.495 e. The van der Waals surface area contributed by atoms with E-state index in [-0.39, 0.29) is 22.1 Å². The van der Waals surface area contributed by atoms with Gasteiger partial charge in [-0.05, 0) is 29.3 Å². The number of imidazole rings is 1. The Bertz CT molecular complexity index is 1160. The predicted molar refractivity (Wildman–Crippen MR) is 122 cm³/mol. The molecule has 0 radical (unpaired) electrons. The minimum Gasteiger partial charge on any atom is -0.495 e. The number of nitrogens with one attached hydrogen (secondary N) is 1. The van der Waals surface area contributed by atoms with E-state index >= 15 is 0 Å². The molecule has 3 aromatic rings. The van der Waals surface area contributed by atoms with Crippen LogP contribution in [0.2, 0.25) is 0 Å². The molecule has 8 nitrogen and oxygen atoms in total. The van der Waals surface area contributed by atoms with Gasteiger partial charge in [0, 0.05) is 44.1 Å². The lowest BCUT2D eigenvalue weighted by molar-refractivity contribution is 0.0950. The highest BCUT2D eigenvalue weighted by Crippen LogP contribution is 2.28. The van der Waals surface area contributed by atoms with Gasteiger partial charge in [-0.1, -0.05) is 38.1 Å². The summed E-state index contributed by atoms with van der Waals surface area (Å²) in [5.74, 6) is -0.153. The van der Waals surface area contributed by atoms with Crippen LogP contribution >= 0.6 is 0 Å². The van der Waals surface area contributed by atoms with Crippen molar-refractivity contribution in [1.82, 2.24) is 19.2 Å². The van der Waals surface area contributed by atoms with Crippen molar-refractivity contribution in [3.05, 3.63) is 77.9 Å². The summed E-state index contributed by atoms with van der Waals surface area (Å²) in [5.41, 5.74) is 2.29. The van der Waals surface area contributed by atoms with Gasteiger partial charge in [-0.3, -0.25) is 4.79 Å². The molecule has 0 spiro atoms. The Labute approximate surface area is 188 Å². The second kappa shape index (κ2) is 10.4. The average Bonchev–Trinajstić information content (AvgIpc) is 3.31. The molecule has 0 aliphatic carbocycles. The Morgan fingerprint density at radius 1 is 1.12 bits per heavy atom. The van der Waals surface area contributed by atoms with Crippen molar-refractivity contribution in [2.75, 3.05) is 20.2 Å². The zero-order valence-electron chi connectivity index (χ0n) is 18.5. The lowest BCUT2D eigenvalue weighted by Crippen LogP contribution is -2.31. The number of hydrogen-bond acceptors (Lipinski definition) is 5. The topological polar surface area (TPSA) is 93.5 Å². The molecule has 1 amide bonds. The molecule has 0 unspecified atom stereocenters. The van der Waals surface area contributed by atoms with E-state index in [9.17, 15) is 13.2 Å². The molecular formula is C23H28N4O4S. The van der Waals surface area contributed by atoms with Crippen LogP contribution in [0, 0.1) is 0 Å². The molecule has 0 bridgehead atoms. The zero-order chi connectivity index (χ0) is 23.1. The first-order valence-corrected chi connectivity index (χ1v) is 11.8. The summed E-state index contributed by atoms with van der Waals surface area (Å²) in [4.78, 5) is 16.9. The fraction of sp³-hybridized carbons (Fsp3) is 0.304. The van der Waals surface area contributed by atoms with Crippen molar-refractivity contribution in [3.63, 3.8) is 0 Å². The second-order valence-electron chi connectivity index (χ2n) is 7.14. The first-order chi connectivity index (χ1) is 15.4. The molecule has 2 aromatic carbocycles. The van der Waals surface area contributed by atoms with Crippen LogP contribution < -0.4 is 10.1 Å². The maximum Gasteiger partial charge on any atom is 0.251 e. The van der Waals surface area contributed by atoms with E-state index in [4.69, 9.17) is 4.74 Å². The van der Waals surface area contributed by atoms with Gasteiger partial charge in [0.05, 0.1) is 13.4 Å². The number of ether oxygens (including phenoxy) is 1. The molecule has 1 N–H and O–H groups in total. The molecule has 0 saturated heterocycles. The Kier molecular flexibility index (Phi) is 7.66. The molecular weight excluding hydrogens is 428 g/mol.